The number of rotatable bonds is 6. The fraction of sp³-hybridized carbons (Fsp3) is 0.174. The van der Waals surface area contributed by atoms with Crippen LogP contribution in [0.4, 0.5) is 4.79 Å². The molecule has 0 N–H and O–H groups in total. The van der Waals surface area contributed by atoms with Gasteiger partial charge in [-0.05, 0) is 58.9 Å². The summed E-state index contributed by atoms with van der Waals surface area (Å²) in [6.45, 7) is -0.0977. The van der Waals surface area contributed by atoms with Crippen molar-refractivity contribution in [2.24, 2.45) is 0 Å². The highest BCUT2D eigenvalue weighted by atomic mass is 32.2. The molecule has 4 rings (SSSR count). The molecule has 8 nitrogen and oxygen atoms in total. The van der Waals surface area contributed by atoms with Gasteiger partial charge in [-0.1, -0.05) is 12.1 Å². The van der Waals surface area contributed by atoms with Gasteiger partial charge in [-0.3, -0.25) is 14.5 Å². The Hall–Kier alpha value is -3.72. The number of furan rings is 1. The summed E-state index contributed by atoms with van der Waals surface area (Å²) in [5.74, 6) is 0.418. The third-order valence-electron chi connectivity index (χ3n) is 4.96. The maximum atomic E-state index is 13.0. The van der Waals surface area contributed by atoms with Crippen molar-refractivity contribution in [3.63, 3.8) is 0 Å². The molecule has 0 bridgehead atoms. The molecule has 1 aliphatic heterocycles. The number of carbonyl (C=O) groups is 3. The minimum absolute atomic E-state index is 0.000507. The SMILES string of the molecule is COC(=O)c1ccc(CN2C(=O)S/C(=C/c3c(OC)ccc4ccc(OC)cc34)C2=O)o1. The van der Waals surface area contributed by atoms with E-state index in [0.29, 0.717) is 22.8 Å². The van der Waals surface area contributed by atoms with Crippen LogP contribution in [-0.2, 0) is 16.1 Å². The maximum Gasteiger partial charge on any atom is 0.373 e. The zero-order valence-corrected chi connectivity index (χ0v) is 18.4. The molecule has 1 aliphatic rings. The molecule has 0 saturated carbocycles. The monoisotopic (exact) mass is 453 g/mol. The van der Waals surface area contributed by atoms with E-state index in [1.807, 2.05) is 30.3 Å². The van der Waals surface area contributed by atoms with Gasteiger partial charge >= 0.3 is 5.97 Å². The largest absolute Gasteiger partial charge is 0.497 e. The van der Waals surface area contributed by atoms with Crippen LogP contribution in [0.2, 0.25) is 0 Å². The van der Waals surface area contributed by atoms with E-state index in [-0.39, 0.29) is 17.2 Å². The summed E-state index contributed by atoms with van der Waals surface area (Å²) in [5.41, 5.74) is 0.667. The molecule has 1 aromatic heterocycles. The molecule has 1 fully saturated rings. The van der Waals surface area contributed by atoms with Crippen molar-refractivity contribution in [3.05, 3.63) is 64.5 Å². The van der Waals surface area contributed by atoms with E-state index < -0.39 is 17.1 Å². The molecule has 2 aromatic carbocycles. The number of amides is 2. The van der Waals surface area contributed by atoms with E-state index in [1.54, 1.807) is 20.3 Å². The van der Waals surface area contributed by atoms with Crippen molar-refractivity contribution in [1.29, 1.82) is 0 Å². The summed E-state index contributed by atoms with van der Waals surface area (Å²) >= 11 is 0.830. The lowest BCUT2D eigenvalue weighted by Crippen LogP contribution is -2.27. The van der Waals surface area contributed by atoms with Crippen LogP contribution < -0.4 is 9.47 Å². The summed E-state index contributed by atoms with van der Waals surface area (Å²) in [6, 6.07) is 12.3. The summed E-state index contributed by atoms with van der Waals surface area (Å²) < 4.78 is 20.8. The number of imide groups is 1. The van der Waals surface area contributed by atoms with Crippen LogP contribution in [-0.4, -0.2) is 43.3 Å². The van der Waals surface area contributed by atoms with Crippen LogP contribution in [0.5, 0.6) is 11.5 Å². The van der Waals surface area contributed by atoms with Crippen molar-refractivity contribution in [2.45, 2.75) is 6.54 Å². The van der Waals surface area contributed by atoms with Gasteiger partial charge in [-0.15, -0.1) is 0 Å². The highest BCUT2D eigenvalue weighted by molar-refractivity contribution is 8.18. The number of ether oxygens (including phenoxy) is 3. The molecular weight excluding hydrogens is 434 g/mol. The number of hydrogen-bond acceptors (Lipinski definition) is 8. The van der Waals surface area contributed by atoms with Gasteiger partial charge in [0.1, 0.15) is 17.3 Å². The van der Waals surface area contributed by atoms with Crippen molar-refractivity contribution in [1.82, 2.24) is 4.90 Å². The zero-order valence-electron chi connectivity index (χ0n) is 17.5. The van der Waals surface area contributed by atoms with Crippen molar-refractivity contribution >= 4 is 45.7 Å². The minimum atomic E-state index is -0.635. The average Bonchev–Trinajstić information content (AvgIpc) is 3.38. The Kier molecular flexibility index (Phi) is 5.91. The topological polar surface area (TPSA) is 95.3 Å². The van der Waals surface area contributed by atoms with Crippen LogP contribution in [0.15, 0.2) is 51.8 Å². The second-order valence-electron chi connectivity index (χ2n) is 6.79. The summed E-state index contributed by atoms with van der Waals surface area (Å²) in [5, 5.41) is 1.32. The molecule has 3 aromatic rings. The van der Waals surface area contributed by atoms with Gasteiger partial charge in [0, 0.05) is 5.56 Å². The predicted octanol–water partition coefficient (Wildman–Crippen LogP) is 4.47. The van der Waals surface area contributed by atoms with Gasteiger partial charge in [0.15, 0.2) is 0 Å². The lowest BCUT2D eigenvalue weighted by atomic mass is 10.0. The lowest BCUT2D eigenvalue weighted by Gasteiger charge is -2.11. The molecule has 1 saturated heterocycles. The van der Waals surface area contributed by atoms with E-state index >= 15 is 0 Å². The molecule has 9 heteroatoms. The third-order valence-corrected chi connectivity index (χ3v) is 5.87. The van der Waals surface area contributed by atoms with Gasteiger partial charge in [0.25, 0.3) is 11.1 Å². The van der Waals surface area contributed by atoms with Gasteiger partial charge in [-0.2, -0.15) is 0 Å². The predicted molar refractivity (Wildman–Crippen MR) is 119 cm³/mol. The van der Waals surface area contributed by atoms with Gasteiger partial charge in [0.2, 0.25) is 5.76 Å². The number of thioether (sulfide) groups is 1. The normalized spacial score (nSPS) is 15.0. The molecule has 0 aliphatic carbocycles. The quantitative estimate of drug-likeness (QED) is 0.398. The molecule has 32 heavy (non-hydrogen) atoms. The third kappa shape index (κ3) is 3.94. The number of methoxy groups -OCH3 is 3. The van der Waals surface area contributed by atoms with E-state index in [4.69, 9.17) is 13.9 Å². The summed E-state index contributed by atoms with van der Waals surface area (Å²) in [4.78, 5) is 38.4. The van der Waals surface area contributed by atoms with Crippen LogP contribution in [0.1, 0.15) is 21.9 Å². The first-order valence-electron chi connectivity index (χ1n) is 9.52. The van der Waals surface area contributed by atoms with E-state index in [9.17, 15) is 14.4 Å². The molecule has 0 radical (unpaired) electrons. The molecule has 0 unspecified atom stereocenters. The van der Waals surface area contributed by atoms with Crippen LogP contribution in [0.3, 0.4) is 0 Å². The van der Waals surface area contributed by atoms with E-state index in [0.717, 1.165) is 27.4 Å². The minimum Gasteiger partial charge on any atom is -0.497 e. The number of benzene rings is 2. The highest BCUT2D eigenvalue weighted by Gasteiger charge is 2.36. The summed E-state index contributed by atoms with van der Waals surface area (Å²) in [7, 11) is 4.36. The second kappa shape index (κ2) is 8.80. The fourth-order valence-corrected chi connectivity index (χ4v) is 4.17. The number of nitrogens with zero attached hydrogens (tertiary/aromatic N) is 1. The first-order valence-corrected chi connectivity index (χ1v) is 10.3. The van der Waals surface area contributed by atoms with Gasteiger partial charge in [0.05, 0.1) is 32.8 Å². The molecule has 2 amide bonds. The number of fused-ring (bicyclic) bond motifs is 1. The second-order valence-corrected chi connectivity index (χ2v) is 7.79. The number of carbonyl (C=O) groups excluding carboxylic acids is 3. The summed E-state index contributed by atoms with van der Waals surface area (Å²) in [6.07, 6.45) is 1.65. The Morgan fingerprint density at radius 1 is 1.06 bits per heavy atom. The Labute approximate surface area is 187 Å². The Balaban J connectivity index is 1.68. The first-order chi connectivity index (χ1) is 15.4. The van der Waals surface area contributed by atoms with Crippen LogP contribution >= 0.6 is 11.8 Å². The van der Waals surface area contributed by atoms with E-state index in [1.165, 1.54) is 19.2 Å². The number of esters is 1. The Bertz CT molecular complexity index is 1260. The molecule has 2 heterocycles. The molecule has 0 atom stereocenters. The first kappa shape index (κ1) is 21.5. The smallest absolute Gasteiger partial charge is 0.373 e. The van der Waals surface area contributed by atoms with Crippen LogP contribution in [0, 0.1) is 0 Å². The van der Waals surface area contributed by atoms with E-state index in [2.05, 4.69) is 4.74 Å². The maximum absolute atomic E-state index is 13.0. The zero-order chi connectivity index (χ0) is 22.8. The van der Waals surface area contributed by atoms with Crippen molar-refractivity contribution in [3.8, 4) is 11.5 Å². The van der Waals surface area contributed by atoms with Gasteiger partial charge < -0.3 is 18.6 Å². The number of hydrogen-bond donors (Lipinski definition) is 0. The Morgan fingerprint density at radius 3 is 2.56 bits per heavy atom. The molecule has 0 spiro atoms. The van der Waals surface area contributed by atoms with Crippen LogP contribution in [0.25, 0.3) is 16.8 Å². The Morgan fingerprint density at radius 2 is 1.84 bits per heavy atom. The standard InChI is InChI=1S/C23H19NO7S/c1-28-14-6-4-13-5-8-18(29-2)17(16(13)10-14)11-20-21(25)24(23(27)32-20)12-15-7-9-19(31-15)22(26)30-3/h4-11H,12H2,1-3H3/b20-11+. The van der Waals surface area contributed by atoms with Gasteiger partial charge in [-0.25, -0.2) is 4.79 Å². The molecule has 164 valence electrons. The van der Waals surface area contributed by atoms with Crippen molar-refractivity contribution in [2.75, 3.05) is 21.3 Å². The molecular formula is C23H19NO7S. The van der Waals surface area contributed by atoms with Crippen molar-refractivity contribution < 1.29 is 33.0 Å². The average molecular weight is 453 g/mol. The lowest BCUT2D eigenvalue weighted by molar-refractivity contribution is -0.123. The highest BCUT2D eigenvalue weighted by Crippen LogP contribution is 2.38. The fourth-order valence-electron chi connectivity index (χ4n) is 3.35.